The first-order valence-electron chi connectivity index (χ1n) is 7.66. The minimum absolute atomic E-state index is 0.0225. The highest BCUT2D eigenvalue weighted by molar-refractivity contribution is 6.34. The first kappa shape index (κ1) is 17.5. The Labute approximate surface area is 141 Å². The van der Waals surface area contributed by atoms with E-state index in [0.717, 1.165) is 32.4 Å². The molecule has 0 radical (unpaired) electrons. The van der Waals surface area contributed by atoms with Crippen molar-refractivity contribution in [3.63, 3.8) is 0 Å². The molecule has 1 heterocycles. The Balaban J connectivity index is 1.72. The molecule has 1 amide bonds. The molecule has 1 unspecified atom stereocenters. The van der Waals surface area contributed by atoms with Gasteiger partial charge in [0.25, 0.3) is 0 Å². The van der Waals surface area contributed by atoms with E-state index >= 15 is 0 Å². The number of aliphatic hydroxyl groups excluding tert-OH is 1. The molecule has 0 spiro atoms. The number of benzene rings is 1. The summed E-state index contributed by atoms with van der Waals surface area (Å²) in [7, 11) is 0. The predicted octanol–water partition coefficient (Wildman–Crippen LogP) is 2.92. The van der Waals surface area contributed by atoms with E-state index in [4.69, 9.17) is 23.2 Å². The van der Waals surface area contributed by atoms with Crippen molar-refractivity contribution >= 4 is 29.1 Å². The molecule has 1 aromatic carbocycles. The molecule has 1 atom stereocenters. The van der Waals surface area contributed by atoms with Gasteiger partial charge in [-0.3, -0.25) is 4.79 Å². The Bertz CT molecular complexity index is 485. The molecular formula is C16H22Cl2N2O2. The maximum absolute atomic E-state index is 11.9. The first-order chi connectivity index (χ1) is 10.5. The van der Waals surface area contributed by atoms with E-state index in [1.807, 2.05) is 0 Å². The molecule has 22 heavy (non-hydrogen) atoms. The average Bonchev–Trinajstić information content (AvgIpc) is 2.50. The molecule has 0 saturated carbocycles. The lowest BCUT2D eigenvalue weighted by molar-refractivity contribution is -0.121. The van der Waals surface area contributed by atoms with Crippen LogP contribution in [0.4, 0.5) is 0 Å². The molecule has 1 fully saturated rings. The Morgan fingerprint density at radius 2 is 1.91 bits per heavy atom. The van der Waals surface area contributed by atoms with E-state index in [-0.39, 0.29) is 12.5 Å². The fraction of sp³-hybridized carbons (Fsp3) is 0.562. The van der Waals surface area contributed by atoms with E-state index in [2.05, 4.69) is 10.6 Å². The molecule has 6 heteroatoms. The second kappa shape index (κ2) is 8.73. The lowest BCUT2D eigenvalue weighted by atomic mass is 9.93. The van der Waals surface area contributed by atoms with Gasteiger partial charge in [-0.05, 0) is 62.0 Å². The van der Waals surface area contributed by atoms with Gasteiger partial charge in [-0.25, -0.2) is 0 Å². The van der Waals surface area contributed by atoms with Gasteiger partial charge in [0.15, 0.2) is 0 Å². The van der Waals surface area contributed by atoms with Crippen molar-refractivity contribution in [2.75, 3.05) is 19.6 Å². The summed E-state index contributed by atoms with van der Waals surface area (Å²) in [6, 6.07) is 4.91. The van der Waals surface area contributed by atoms with E-state index in [9.17, 15) is 9.90 Å². The number of rotatable bonds is 6. The summed E-state index contributed by atoms with van der Waals surface area (Å²) < 4.78 is 0. The van der Waals surface area contributed by atoms with Crippen LogP contribution < -0.4 is 10.6 Å². The van der Waals surface area contributed by atoms with E-state index in [1.54, 1.807) is 18.2 Å². The maximum atomic E-state index is 11.9. The third-order valence-electron chi connectivity index (χ3n) is 4.00. The lowest BCUT2D eigenvalue weighted by Crippen LogP contribution is -2.31. The van der Waals surface area contributed by atoms with E-state index < -0.39 is 6.10 Å². The summed E-state index contributed by atoms with van der Waals surface area (Å²) in [6.45, 7) is 2.25. The zero-order valence-corrected chi connectivity index (χ0v) is 14.0. The molecule has 0 aromatic heterocycles. The third-order valence-corrected chi connectivity index (χ3v) is 4.44. The summed E-state index contributed by atoms with van der Waals surface area (Å²) >= 11 is 11.8. The monoisotopic (exact) mass is 344 g/mol. The summed E-state index contributed by atoms with van der Waals surface area (Å²) in [5, 5.41) is 17.1. The topological polar surface area (TPSA) is 61.4 Å². The van der Waals surface area contributed by atoms with Gasteiger partial charge in [-0.1, -0.05) is 23.2 Å². The second-order valence-electron chi connectivity index (χ2n) is 5.75. The summed E-state index contributed by atoms with van der Waals surface area (Å²) in [5.74, 6) is 0.606. The molecule has 122 valence electrons. The Hall–Kier alpha value is -0.810. The van der Waals surface area contributed by atoms with Crippen LogP contribution >= 0.6 is 23.2 Å². The number of carbonyl (C=O) groups excluding carboxylic acids is 1. The molecule has 1 aromatic rings. The van der Waals surface area contributed by atoms with E-state index in [1.165, 1.54) is 0 Å². The van der Waals surface area contributed by atoms with Crippen molar-refractivity contribution in [2.24, 2.45) is 5.92 Å². The predicted molar refractivity (Wildman–Crippen MR) is 89.3 cm³/mol. The van der Waals surface area contributed by atoms with Gasteiger partial charge >= 0.3 is 0 Å². The van der Waals surface area contributed by atoms with Gasteiger partial charge in [0.2, 0.25) is 5.91 Å². The molecule has 1 aliphatic heterocycles. The van der Waals surface area contributed by atoms with Crippen LogP contribution in [-0.2, 0) is 4.79 Å². The molecule has 0 aliphatic carbocycles. The van der Waals surface area contributed by atoms with Crippen molar-refractivity contribution in [2.45, 2.75) is 31.8 Å². The van der Waals surface area contributed by atoms with Crippen molar-refractivity contribution in [1.29, 1.82) is 0 Å². The fourth-order valence-corrected chi connectivity index (χ4v) is 3.23. The number of aliphatic hydroxyl groups is 1. The number of halogens is 2. The third kappa shape index (κ3) is 5.76. The van der Waals surface area contributed by atoms with Gasteiger partial charge in [-0.15, -0.1) is 0 Å². The Morgan fingerprint density at radius 1 is 1.27 bits per heavy atom. The van der Waals surface area contributed by atoms with Crippen molar-refractivity contribution < 1.29 is 9.90 Å². The molecule has 0 bridgehead atoms. The van der Waals surface area contributed by atoms with Crippen LogP contribution in [0, 0.1) is 5.92 Å². The number of piperidine rings is 1. The highest BCUT2D eigenvalue weighted by atomic mass is 35.5. The van der Waals surface area contributed by atoms with Crippen LogP contribution in [0.2, 0.25) is 10.0 Å². The maximum Gasteiger partial charge on any atom is 0.220 e. The van der Waals surface area contributed by atoms with Crippen LogP contribution in [0.15, 0.2) is 18.2 Å². The van der Waals surface area contributed by atoms with Gasteiger partial charge in [0, 0.05) is 23.0 Å². The van der Waals surface area contributed by atoms with Crippen LogP contribution in [0.5, 0.6) is 0 Å². The molecule has 3 N–H and O–H groups in total. The lowest BCUT2D eigenvalue weighted by Gasteiger charge is -2.22. The summed E-state index contributed by atoms with van der Waals surface area (Å²) in [6.07, 6.45) is 2.88. The largest absolute Gasteiger partial charge is 0.387 e. The minimum Gasteiger partial charge on any atom is -0.387 e. The average molecular weight is 345 g/mol. The number of amides is 1. The van der Waals surface area contributed by atoms with Crippen LogP contribution in [0.1, 0.15) is 37.4 Å². The molecule has 1 aliphatic rings. The second-order valence-corrected chi connectivity index (χ2v) is 6.63. The summed E-state index contributed by atoms with van der Waals surface area (Å²) in [4.78, 5) is 11.9. The van der Waals surface area contributed by atoms with Crippen molar-refractivity contribution in [3.8, 4) is 0 Å². The fourth-order valence-electron chi connectivity index (χ4n) is 2.69. The SMILES string of the molecule is O=C(CCC1CCNCC1)NCC(O)c1cc(Cl)cc(Cl)c1. The van der Waals surface area contributed by atoms with Crippen molar-refractivity contribution in [3.05, 3.63) is 33.8 Å². The van der Waals surface area contributed by atoms with E-state index in [0.29, 0.717) is 27.9 Å². The van der Waals surface area contributed by atoms with Crippen LogP contribution in [0.3, 0.4) is 0 Å². The number of carbonyl (C=O) groups is 1. The van der Waals surface area contributed by atoms with Gasteiger partial charge in [-0.2, -0.15) is 0 Å². The quantitative estimate of drug-likeness (QED) is 0.743. The molecule has 1 saturated heterocycles. The van der Waals surface area contributed by atoms with Crippen molar-refractivity contribution in [1.82, 2.24) is 10.6 Å². The highest BCUT2D eigenvalue weighted by Crippen LogP contribution is 2.23. The molecule has 2 rings (SSSR count). The van der Waals surface area contributed by atoms with Gasteiger partial charge in [0.1, 0.15) is 0 Å². The van der Waals surface area contributed by atoms with Gasteiger partial charge in [0.05, 0.1) is 6.10 Å². The first-order valence-corrected chi connectivity index (χ1v) is 8.41. The normalized spacial score (nSPS) is 17.2. The number of hydrogen-bond donors (Lipinski definition) is 3. The number of nitrogens with one attached hydrogen (secondary N) is 2. The zero-order valence-electron chi connectivity index (χ0n) is 12.4. The van der Waals surface area contributed by atoms with Crippen LogP contribution in [0.25, 0.3) is 0 Å². The highest BCUT2D eigenvalue weighted by Gasteiger charge is 2.15. The minimum atomic E-state index is -0.806. The molecular weight excluding hydrogens is 323 g/mol. The Kier molecular flexibility index (Phi) is 6.96. The standard InChI is InChI=1S/C16H22Cl2N2O2/c17-13-7-12(8-14(18)9-13)15(21)10-20-16(22)2-1-11-3-5-19-6-4-11/h7-9,11,15,19,21H,1-6,10H2,(H,20,22). The number of hydrogen-bond acceptors (Lipinski definition) is 3. The zero-order chi connectivity index (χ0) is 15.9. The van der Waals surface area contributed by atoms with Gasteiger partial charge < -0.3 is 15.7 Å². The smallest absolute Gasteiger partial charge is 0.220 e. The summed E-state index contributed by atoms with van der Waals surface area (Å²) in [5.41, 5.74) is 0.608. The van der Waals surface area contributed by atoms with Crippen LogP contribution in [-0.4, -0.2) is 30.6 Å². The Morgan fingerprint density at radius 3 is 2.55 bits per heavy atom. The molecule has 4 nitrogen and oxygen atoms in total.